The van der Waals surface area contributed by atoms with Gasteiger partial charge in [-0.1, -0.05) is 29.8 Å². The van der Waals surface area contributed by atoms with E-state index in [0.717, 1.165) is 10.6 Å². The zero-order valence-corrected chi connectivity index (χ0v) is 11.3. The Labute approximate surface area is 114 Å². The molecule has 0 unspecified atom stereocenters. The summed E-state index contributed by atoms with van der Waals surface area (Å²) in [6.07, 6.45) is 0. The quantitative estimate of drug-likeness (QED) is 0.668. The molecule has 4 nitrogen and oxygen atoms in total. The van der Waals surface area contributed by atoms with Gasteiger partial charge in [0.2, 0.25) is 0 Å². The number of nitrogens with two attached hydrogens (primary N) is 1. The number of halogens is 1. The smallest absolute Gasteiger partial charge is 0.135 e. The molecule has 0 aliphatic carbocycles. The van der Waals surface area contributed by atoms with Crippen LogP contribution in [-0.4, -0.2) is 17.9 Å². The highest BCUT2D eigenvalue weighted by Gasteiger charge is 2.15. The van der Waals surface area contributed by atoms with Crippen LogP contribution in [0.25, 0.3) is 10.6 Å². The molecular formula is C12H12ClN3OS. The van der Waals surface area contributed by atoms with E-state index in [9.17, 15) is 0 Å². The second-order valence-electron chi connectivity index (χ2n) is 3.62. The van der Waals surface area contributed by atoms with Crippen LogP contribution in [0.1, 0.15) is 10.6 Å². The number of nitrogen functional groups attached to an aromatic ring is 1. The minimum Gasteiger partial charge on any atom is -0.383 e. The van der Waals surface area contributed by atoms with Crippen LogP contribution in [-0.2, 0) is 11.3 Å². The maximum absolute atomic E-state index is 7.54. The van der Waals surface area contributed by atoms with Gasteiger partial charge in [0.25, 0.3) is 0 Å². The predicted octanol–water partition coefficient (Wildman–Crippen LogP) is 2.89. The first-order valence-corrected chi connectivity index (χ1v) is 6.41. The number of amidine groups is 1. The number of hydrogen-bond donors (Lipinski definition) is 2. The van der Waals surface area contributed by atoms with Gasteiger partial charge >= 0.3 is 0 Å². The van der Waals surface area contributed by atoms with Crippen LogP contribution in [0.2, 0.25) is 5.02 Å². The van der Waals surface area contributed by atoms with E-state index >= 15 is 0 Å². The van der Waals surface area contributed by atoms with Crippen molar-refractivity contribution < 1.29 is 4.74 Å². The van der Waals surface area contributed by atoms with Crippen molar-refractivity contribution in [1.29, 1.82) is 5.41 Å². The highest BCUT2D eigenvalue weighted by molar-refractivity contribution is 7.17. The number of methoxy groups -OCH3 is 1. The van der Waals surface area contributed by atoms with Crippen molar-refractivity contribution in [2.24, 2.45) is 5.73 Å². The molecule has 94 valence electrons. The van der Waals surface area contributed by atoms with Crippen LogP contribution in [0.3, 0.4) is 0 Å². The summed E-state index contributed by atoms with van der Waals surface area (Å²) in [4.78, 5) is 5.07. The number of hydrogen-bond acceptors (Lipinski definition) is 4. The molecule has 0 amide bonds. The van der Waals surface area contributed by atoms with E-state index in [1.165, 1.54) is 11.3 Å². The number of thiazole rings is 1. The van der Waals surface area contributed by atoms with E-state index in [-0.39, 0.29) is 5.84 Å². The maximum Gasteiger partial charge on any atom is 0.135 e. The normalized spacial score (nSPS) is 10.6. The zero-order chi connectivity index (χ0) is 13.1. The molecule has 0 saturated carbocycles. The number of aromatic nitrogens is 1. The lowest BCUT2D eigenvalue weighted by molar-refractivity contribution is 0.182. The van der Waals surface area contributed by atoms with Crippen molar-refractivity contribution in [3.05, 3.63) is 39.9 Å². The molecule has 2 rings (SSSR count). The summed E-state index contributed by atoms with van der Waals surface area (Å²) in [7, 11) is 1.58. The lowest BCUT2D eigenvalue weighted by Gasteiger charge is -1.98. The van der Waals surface area contributed by atoms with Gasteiger partial charge in [-0.2, -0.15) is 0 Å². The van der Waals surface area contributed by atoms with Crippen molar-refractivity contribution in [1.82, 2.24) is 4.98 Å². The molecule has 0 aliphatic rings. The Balaban J connectivity index is 2.50. The molecule has 0 bridgehead atoms. The van der Waals surface area contributed by atoms with Crippen molar-refractivity contribution in [2.75, 3.05) is 7.11 Å². The van der Waals surface area contributed by atoms with Gasteiger partial charge in [0.15, 0.2) is 0 Å². The summed E-state index contributed by atoms with van der Waals surface area (Å²) < 4.78 is 5.06. The third-order valence-electron chi connectivity index (χ3n) is 2.33. The molecular weight excluding hydrogens is 270 g/mol. The lowest BCUT2D eigenvalue weighted by Crippen LogP contribution is -2.11. The molecule has 0 aliphatic heterocycles. The third-order valence-corrected chi connectivity index (χ3v) is 3.82. The average Bonchev–Trinajstić information content (AvgIpc) is 2.74. The molecule has 1 heterocycles. The standard InChI is InChI=1S/C12H12ClN3OS/c1-17-6-9-10(11(14)15)18-12(16-9)7-4-2-3-5-8(7)13/h2-5H,6H2,1H3,(H3,14,15). The molecule has 2 aromatic rings. The van der Waals surface area contributed by atoms with E-state index < -0.39 is 0 Å². The van der Waals surface area contributed by atoms with Crippen molar-refractivity contribution in [3.63, 3.8) is 0 Å². The lowest BCUT2D eigenvalue weighted by atomic mass is 10.2. The third kappa shape index (κ3) is 2.53. The Kier molecular flexibility index (Phi) is 3.96. The fourth-order valence-corrected chi connectivity index (χ4v) is 2.80. The van der Waals surface area contributed by atoms with E-state index in [1.54, 1.807) is 7.11 Å². The number of ether oxygens (including phenoxy) is 1. The van der Waals surface area contributed by atoms with Gasteiger partial charge in [-0.15, -0.1) is 11.3 Å². The monoisotopic (exact) mass is 281 g/mol. The van der Waals surface area contributed by atoms with E-state index in [0.29, 0.717) is 22.2 Å². The summed E-state index contributed by atoms with van der Waals surface area (Å²) in [6.45, 7) is 0.329. The van der Waals surface area contributed by atoms with Crippen LogP contribution in [0.4, 0.5) is 0 Å². The molecule has 0 radical (unpaired) electrons. The minimum atomic E-state index is -0.00199. The van der Waals surface area contributed by atoms with Crippen LogP contribution >= 0.6 is 22.9 Å². The van der Waals surface area contributed by atoms with Gasteiger partial charge in [-0.25, -0.2) is 4.98 Å². The van der Waals surface area contributed by atoms with Crippen molar-refractivity contribution >= 4 is 28.8 Å². The van der Waals surface area contributed by atoms with Gasteiger partial charge in [0.1, 0.15) is 10.8 Å². The van der Waals surface area contributed by atoms with Crippen LogP contribution in [0.5, 0.6) is 0 Å². The molecule has 1 aromatic carbocycles. The van der Waals surface area contributed by atoms with Crippen molar-refractivity contribution in [2.45, 2.75) is 6.61 Å². The van der Waals surface area contributed by atoms with E-state index in [1.807, 2.05) is 24.3 Å². The maximum atomic E-state index is 7.54. The molecule has 6 heteroatoms. The van der Waals surface area contributed by atoms with E-state index in [2.05, 4.69) is 4.98 Å². The molecule has 0 fully saturated rings. The molecule has 0 spiro atoms. The van der Waals surface area contributed by atoms with Crippen LogP contribution in [0.15, 0.2) is 24.3 Å². The number of nitrogens with one attached hydrogen (secondary N) is 1. The average molecular weight is 282 g/mol. The van der Waals surface area contributed by atoms with Crippen LogP contribution in [0, 0.1) is 5.41 Å². The molecule has 0 atom stereocenters. The van der Waals surface area contributed by atoms with Gasteiger partial charge < -0.3 is 10.5 Å². The Morgan fingerprint density at radius 3 is 2.83 bits per heavy atom. The van der Waals surface area contributed by atoms with Gasteiger partial charge in [-0.3, -0.25) is 5.41 Å². The summed E-state index contributed by atoms with van der Waals surface area (Å²) in [5, 5.41) is 8.92. The molecule has 18 heavy (non-hydrogen) atoms. The topological polar surface area (TPSA) is 72.0 Å². The summed E-state index contributed by atoms with van der Waals surface area (Å²) in [6, 6.07) is 7.46. The van der Waals surface area contributed by atoms with Crippen LogP contribution < -0.4 is 5.73 Å². The first-order valence-electron chi connectivity index (χ1n) is 5.21. The number of nitrogens with zero attached hydrogens (tertiary/aromatic N) is 1. The second kappa shape index (κ2) is 5.48. The Hall–Kier alpha value is -1.43. The van der Waals surface area contributed by atoms with Gasteiger partial charge in [0.05, 0.1) is 22.2 Å². The molecule has 0 saturated heterocycles. The fraction of sp³-hybridized carbons (Fsp3) is 0.167. The van der Waals surface area contributed by atoms with E-state index in [4.69, 9.17) is 27.5 Å². The largest absolute Gasteiger partial charge is 0.383 e. The molecule has 1 aromatic heterocycles. The first-order chi connectivity index (χ1) is 8.63. The highest BCUT2D eigenvalue weighted by atomic mass is 35.5. The fourth-order valence-electron chi connectivity index (χ4n) is 1.55. The Bertz CT molecular complexity index is 582. The highest BCUT2D eigenvalue weighted by Crippen LogP contribution is 2.32. The molecule has 3 N–H and O–H groups in total. The first kappa shape index (κ1) is 13.0. The van der Waals surface area contributed by atoms with Gasteiger partial charge in [-0.05, 0) is 6.07 Å². The predicted molar refractivity (Wildman–Crippen MR) is 74.3 cm³/mol. The summed E-state index contributed by atoms with van der Waals surface area (Å²) >= 11 is 7.48. The number of benzene rings is 1. The Morgan fingerprint density at radius 1 is 1.50 bits per heavy atom. The van der Waals surface area contributed by atoms with Crippen molar-refractivity contribution in [3.8, 4) is 10.6 Å². The van der Waals surface area contributed by atoms with Gasteiger partial charge in [0, 0.05) is 12.7 Å². The number of rotatable bonds is 4. The SMILES string of the molecule is COCc1nc(-c2ccccc2Cl)sc1C(=N)N. The summed E-state index contributed by atoms with van der Waals surface area (Å²) in [5.74, 6) is -0.00199. The second-order valence-corrected chi connectivity index (χ2v) is 5.03. The minimum absolute atomic E-state index is 0.00199. The zero-order valence-electron chi connectivity index (χ0n) is 9.74. The Morgan fingerprint density at radius 2 is 2.22 bits per heavy atom. The summed E-state index contributed by atoms with van der Waals surface area (Å²) in [5.41, 5.74) is 7.05.